The number of carbonyl (C=O) groups is 2. The summed E-state index contributed by atoms with van der Waals surface area (Å²) in [5, 5.41) is 9.24. The standard InChI is InChI=1S/C14H19NO3/c1-7(2)10-11-8(15-12(10)13(17)18)5-14(3,4)6-9(11)16/h7,15H,5-6H2,1-4H3,(H,17,18). The van der Waals surface area contributed by atoms with E-state index in [1.807, 2.05) is 27.7 Å². The zero-order valence-electron chi connectivity index (χ0n) is 11.3. The Labute approximate surface area is 106 Å². The smallest absolute Gasteiger partial charge is 0.352 e. The lowest BCUT2D eigenvalue weighted by atomic mass is 9.74. The van der Waals surface area contributed by atoms with Gasteiger partial charge in [0, 0.05) is 17.7 Å². The summed E-state index contributed by atoms with van der Waals surface area (Å²) in [4.78, 5) is 26.5. The van der Waals surface area contributed by atoms with Crippen molar-refractivity contribution < 1.29 is 14.7 Å². The average Bonchev–Trinajstić information content (AvgIpc) is 2.54. The monoisotopic (exact) mass is 249 g/mol. The van der Waals surface area contributed by atoms with Crippen molar-refractivity contribution in [1.29, 1.82) is 0 Å². The lowest BCUT2D eigenvalue weighted by molar-refractivity contribution is 0.0689. The van der Waals surface area contributed by atoms with Gasteiger partial charge in [-0.1, -0.05) is 27.7 Å². The molecule has 1 aromatic rings. The molecule has 98 valence electrons. The van der Waals surface area contributed by atoms with Crippen LogP contribution in [0.25, 0.3) is 0 Å². The quantitative estimate of drug-likeness (QED) is 0.846. The minimum atomic E-state index is -0.987. The molecule has 1 aliphatic rings. The third-order valence-electron chi connectivity index (χ3n) is 3.48. The molecular weight excluding hydrogens is 230 g/mol. The second-order valence-corrected chi connectivity index (χ2v) is 6.17. The molecule has 0 saturated heterocycles. The van der Waals surface area contributed by atoms with Crippen molar-refractivity contribution >= 4 is 11.8 Å². The van der Waals surface area contributed by atoms with Gasteiger partial charge in [-0.3, -0.25) is 4.79 Å². The highest BCUT2D eigenvalue weighted by molar-refractivity contribution is 6.03. The number of ketones is 1. The molecule has 0 bridgehead atoms. The van der Waals surface area contributed by atoms with Gasteiger partial charge >= 0.3 is 5.97 Å². The highest BCUT2D eigenvalue weighted by atomic mass is 16.4. The first kappa shape index (κ1) is 12.9. The van der Waals surface area contributed by atoms with Crippen LogP contribution in [-0.4, -0.2) is 21.8 Å². The molecule has 1 aromatic heterocycles. The molecule has 4 nitrogen and oxygen atoms in total. The van der Waals surface area contributed by atoms with E-state index in [9.17, 15) is 14.7 Å². The molecular formula is C14H19NO3. The first-order chi connectivity index (χ1) is 8.23. The Kier molecular flexibility index (Phi) is 2.84. The summed E-state index contributed by atoms with van der Waals surface area (Å²) in [5.74, 6) is -0.895. The maximum absolute atomic E-state index is 12.2. The third kappa shape index (κ3) is 1.96. The Bertz CT molecular complexity index is 523. The molecule has 1 heterocycles. The number of carboxylic acids is 1. The van der Waals surface area contributed by atoms with Crippen LogP contribution in [0.4, 0.5) is 0 Å². The zero-order valence-corrected chi connectivity index (χ0v) is 11.3. The van der Waals surface area contributed by atoms with E-state index in [1.165, 1.54) is 0 Å². The fourth-order valence-corrected chi connectivity index (χ4v) is 2.83. The fraction of sp³-hybridized carbons (Fsp3) is 0.571. The summed E-state index contributed by atoms with van der Waals surface area (Å²) in [6, 6.07) is 0. The van der Waals surface area contributed by atoms with Crippen LogP contribution in [0.3, 0.4) is 0 Å². The molecule has 1 aliphatic carbocycles. The van der Waals surface area contributed by atoms with Gasteiger partial charge in [0.2, 0.25) is 0 Å². The van der Waals surface area contributed by atoms with Gasteiger partial charge in [-0.25, -0.2) is 4.79 Å². The van der Waals surface area contributed by atoms with E-state index in [4.69, 9.17) is 0 Å². The largest absolute Gasteiger partial charge is 0.477 e. The van der Waals surface area contributed by atoms with Gasteiger partial charge in [-0.2, -0.15) is 0 Å². The molecule has 0 spiro atoms. The number of nitrogens with one attached hydrogen (secondary N) is 1. The Hall–Kier alpha value is -1.58. The molecule has 0 fully saturated rings. The molecule has 0 amide bonds. The molecule has 0 aromatic carbocycles. The van der Waals surface area contributed by atoms with Gasteiger partial charge in [-0.15, -0.1) is 0 Å². The van der Waals surface area contributed by atoms with Crippen molar-refractivity contribution in [2.24, 2.45) is 5.41 Å². The fourth-order valence-electron chi connectivity index (χ4n) is 2.83. The number of carbonyl (C=O) groups excluding carboxylic acids is 1. The van der Waals surface area contributed by atoms with Crippen molar-refractivity contribution in [2.75, 3.05) is 0 Å². The van der Waals surface area contributed by atoms with E-state index in [1.54, 1.807) is 0 Å². The Morgan fingerprint density at radius 1 is 1.33 bits per heavy atom. The van der Waals surface area contributed by atoms with Crippen molar-refractivity contribution in [3.63, 3.8) is 0 Å². The summed E-state index contributed by atoms with van der Waals surface area (Å²) < 4.78 is 0. The van der Waals surface area contributed by atoms with Gasteiger partial charge in [0.1, 0.15) is 5.69 Å². The van der Waals surface area contributed by atoms with Crippen molar-refractivity contribution in [3.8, 4) is 0 Å². The van der Waals surface area contributed by atoms with Gasteiger partial charge in [0.05, 0.1) is 0 Å². The molecule has 0 saturated carbocycles. The second-order valence-electron chi connectivity index (χ2n) is 6.17. The molecule has 2 rings (SSSR count). The number of Topliss-reactive ketones (excluding diaryl/α,β-unsaturated/α-hetero) is 1. The first-order valence-electron chi connectivity index (χ1n) is 6.24. The minimum absolute atomic E-state index is 0.0289. The number of H-pyrrole nitrogens is 1. The van der Waals surface area contributed by atoms with Crippen LogP contribution in [0.5, 0.6) is 0 Å². The number of fused-ring (bicyclic) bond motifs is 1. The van der Waals surface area contributed by atoms with Crippen LogP contribution in [0.2, 0.25) is 0 Å². The highest BCUT2D eigenvalue weighted by Gasteiger charge is 2.36. The van der Waals surface area contributed by atoms with Crippen molar-refractivity contribution in [2.45, 2.75) is 46.5 Å². The molecule has 0 unspecified atom stereocenters. The van der Waals surface area contributed by atoms with E-state index >= 15 is 0 Å². The van der Waals surface area contributed by atoms with Crippen LogP contribution in [0.15, 0.2) is 0 Å². The Morgan fingerprint density at radius 3 is 2.44 bits per heavy atom. The maximum atomic E-state index is 12.2. The summed E-state index contributed by atoms with van der Waals surface area (Å²) in [6.07, 6.45) is 1.21. The van der Waals surface area contributed by atoms with Gasteiger partial charge in [-0.05, 0) is 23.3 Å². The molecule has 0 radical (unpaired) electrons. The zero-order chi connectivity index (χ0) is 13.7. The number of hydrogen-bond acceptors (Lipinski definition) is 2. The molecule has 0 aliphatic heterocycles. The predicted octanol–water partition coefficient (Wildman–Crippen LogP) is 2.99. The number of carboxylic acid groups (broad SMARTS) is 1. The van der Waals surface area contributed by atoms with E-state index in [0.717, 1.165) is 12.1 Å². The SMILES string of the molecule is CC(C)c1c(C(=O)O)[nH]c2c1C(=O)CC(C)(C)C2. The molecule has 18 heavy (non-hydrogen) atoms. The molecule has 2 N–H and O–H groups in total. The minimum Gasteiger partial charge on any atom is -0.477 e. The van der Waals surface area contributed by atoms with E-state index in [-0.39, 0.29) is 22.8 Å². The van der Waals surface area contributed by atoms with Crippen LogP contribution >= 0.6 is 0 Å². The summed E-state index contributed by atoms with van der Waals surface area (Å²) in [7, 11) is 0. The van der Waals surface area contributed by atoms with Crippen LogP contribution in [0, 0.1) is 5.41 Å². The number of aromatic nitrogens is 1. The first-order valence-corrected chi connectivity index (χ1v) is 6.24. The Morgan fingerprint density at radius 2 is 1.94 bits per heavy atom. The van der Waals surface area contributed by atoms with Crippen molar-refractivity contribution in [1.82, 2.24) is 4.98 Å². The predicted molar refractivity (Wildman–Crippen MR) is 68.3 cm³/mol. The summed E-state index contributed by atoms with van der Waals surface area (Å²) in [5.41, 5.74) is 2.16. The van der Waals surface area contributed by atoms with Crippen LogP contribution < -0.4 is 0 Å². The van der Waals surface area contributed by atoms with Gasteiger partial charge in [0.15, 0.2) is 5.78 Å². The van der Waals surface area contributed by atoms with E-state index in [0.29, 0.717) is 17.5 Å². The second kappa shape index (κ2) is 3.97. The van der Waals surface area contributed by atoms with Gasteiger partial charge in [0.25, 0.3) is 0 Å². The van der Waals surface area contributed by atoms with E-state index in [2.05, 4.69) is 4.98 Å². The summed E-state index contributed by atoms with van der Waals surface area (Å²) in [6.45, 7) is 7.90. The number of aromatic carboxylic acids is 1. The molecule has 0 atom stereocenters. The Balaban J connectivity index is 2.65. The van der Waals surface area contributed by atoms with E-state index < -0.39 is 5.97 Å². The van der Waals surface area contributed by atoms with Crippen molar-refractivity contribution in [3.05, 3.63) is 22.5 Å². The molecule has 4 heteroatoms. The topological polar surface area (TPSA) is 70.2 Å². The number of rotatable bonds is 2. The average molecular weight is 249 g/mol. The number of hydrogen-bond donors (Lipinski definition) is 2. The van der Waals surface area contributed by atoms with Gasteiger partial charge < -0.3 is 10.1 Å². The summed E-state index contributed by atoms with van der Waals surface area (Å²) >= 11 is 0. The third-order valence-corrected chi connectivity index (χ3v) is 3.48. The lowest BCUT2D eigenvalue weighted by Crippen LogP contribution is -2.27. The van der Waals surface area contributed by atoms with Crippen LogP contribution in [0.1, 0.15) is 72.1 Å². The number of aromatic amines is 1. The maximum Gasteiger partial charge on any atom is 0.352 e. The lowest BCUT2D eigenvalue weighted by Gasteiger charge is -2.28. The highest BCUT2D eigenvalue weighted by Crippen LogP contribution is 2.39. The normalized spacial score (nSPS) is 17.9. The van der Waals surface area contributed by atoms with Crippen LogP contribution in [-0.2, 0) is 6.42 Å².